The van der Waals surface area contributed by atoms with Gasteiger partial charge in [0.2, 0.25) is 0 Å². The van der Waals surface area contributed by atoms with E-state index >= 15 is 0 Å². The minimum atomic E-state index is 0.906. The van der Waals surface area contributed by atoms with Gasteiger partial charge in [0.25, 0.3) is 0 Å². The quantitative estimate of drug-likeness (QED) is 0.193. The van der Waals surface area contributed by atoms with Crippen LogP contribution in [0.5, 0.6) is 0 Å². The predicted octanol–water partition coefficient (Wildman–Crippen LogP) is 12.8. The van der Waals surface area contributed by atoms with Gasteiger partial charge >= 0.3 is 0 Å². The van der Waals surface area contributed by atoms with Crippen LogP contribution in [0.15, 0.2) is 167 Å². The second-order valence-electron chi connectivity index (χ2n) is 12.0. The summed E-state index contributed by atoms with van der Waals surface area (Å²) in [6.07, 6.45) is 0. The normalized spacial score (nSPS) is 11.9. The van der Waals surface area contributed by atoms with Gasteiger partial charge in [0, 0.05) is 21.5 Å². The Morgan fingerprint density at radius 1 is 0.304 bits per heavy atom. The largest absolute Gasteiger partial charge is 0.456 e. The van der Waals surface area contributed by atoms with E-state index in [1.54, 1.807) is 0 Å². The first-order valence-electron chi connectivity index (χ1n) is 15.7. The molecule has 0 atom stereocenters. The average Bonchev–Trinajstić information content (AvgIpc) is 3.68. The van der Waals surface area contributed by atoms with E-state index in [9.17, 15) is 0 Å². The SMILES string of the molecule is c1ccc(-c2c3c(-c4ccc5oc6ccccc6c5c4)cccc3cc3cccc(-c4ccc5oc6ccccc6c5c4)c23)cc1. The van der Waals surface area contributed by atoms with Gasteiger partial charge in [-0.3, -0.25) is 0 Å². The molecular formula is C44H26O2. The Labute approximate surface area is 264 Å². The molecule has 0 spiro atoms. The van der Waals surface area contributed by atoms with Gasteiger partial charge in [-0.2, -0.15) is 0 Å². The van der Waals surface area contributed by atoms with Crippen molar-refractivity contribution in [3.8, 4) is 33.4 Å². The highest BCUT2D eigenvalue weighted by atomic mass is 16.3. The number of para-hydroxylation sites is 2. The predicted molar refractivity (Wildman–Crippen MR) is 192 cm³/mol. The van der Waals surface area contributed by atoms with Crippen LogP contribution in [0, 0.1) is 0 Å². The molecule has 10 rings (SSSR count). The summed E-state index contributed by atoms with van der Waals surface area (Å²) in [6.45, 7) is 0. The molecule has 0 saturated heterocycles. The van der Waals surface area contributed by atoms with Crippen LogP contribution in [-0.2, 0) is 0 Å². The molecule has 2 aromatic heterocycles. The maximum atomic E-state index is 6.19. The van der Waals surface area contributed by atoms with Crippen LogP contribution >= 0.6 is 0 Å². The molecule has 214 valence electrons. The van der Waals surface area contributed by atoms with Gasteiger partial charge in [0.15, 0.2) is 0 Å². The highest BCUT2D eigenvalue weighted by molar-refractivity contribution is 6.22. The number of rotatable bonds is 3. The van der Waals surface area contributed by atoms with Gasteiger partial charge in [-0.1, -0.05) is 115 Å². The minimum Gasteiger partial charge on any atom is -0.456 e. The van der Waals surface area contributed by atoms with Gasteiger partial charge in [0.05, 0.1) is 0 Å². The van der Waals surface area contributed by atoms with E-state index in [-0.39, 0.29) is 0 Å². The van der Waals surface area contributed by atoms with Crippen LogP contribution in [0.2, 0.25) is 0 Å². The third-order valence-corrected chi connectivity index (χ3v) is 9.44. The zero-order valence-electron chi connectivity index (χ0n) is 24.8. The summed E-state index contributed by atoms with van der Waals surface area (Å²) < 4.78 is 12.4. The van der Waals surface area contributed by atoms with Crippen LogP contribution in [-0.4, -0.2) is 0 Å². The van der Waals surface area contributed by atoms with Crippen molar-refractivity contribution in [1.82, 2.24) is 0 Å². The fourth-order valence-electron chi connectivity index (χ4n) is 7.39. The van der Waals surface area contributed by atoms with Crippen LogP contribution in [0.25, 0.3) is 98.8 Å². The number of hydrogen-bond donors (Lipinski definition) is 0. The third kappa shape index (κ3) is 3.71. The first kappa shape index (κ1) is 25.2. The highest BCUT2D eigenvalue weighted by Crippen LogP contribution is 2.46. The van der Waals surface area contributed by atoms with Crippen LogP contribution < -0.4 is 0 Å². The first-order chi connectivity index (χ1) is 22.8. The molecule has 0 radical (unpaired) electrons. The Morgan fingerprint density at radius 3 is 1.33 bits per heavy atom. The number of hydrogen-bond acceptors (Lipinski definition) is 2. The molecule has 0 saturated carbocycles. The molecule has 2 heterocycles. The summed E-state index contributed by atoms with van der Waals surface area (Å²) in [5, 5.41) is 9.47. The molecule has 10 aromatic rings. The van der Waals surface area contributed by atoms with Crippen LogP contribution in [0.3, 0.4) is 0 Å². The lowest BCUT2D eigenvalue weighted by Gasteiger charge is -2.19. The summed E-state index contributed by atoms with van der Waals surface area (Å²) in [4.78, 5) is 0. The van der Waals surface area contributed by atoms with E-state index in [4.69, 9.17) is 8.83 Å². The molecule has 0 amide bonds. The van der Waals surface area contributed by atoms with E-state index in [1.165, 1.54) is 54.9 Å². The van der Waals surface area contributed by atoms with E-state index in [1.807, 2.05) is 24.3 Å². The van der Waals surface area contributed by atoms with Gasteiger partial charge in [0.1, 0.15) is 22.3 Å². The molecule has 8 aromatic carbocycles. The maximum absolute atomic E-state index is 6.19. The number of fused-ring (bicyclic) bond motifs is 8. The Hall–Kier alpha value is -6.12. The van der Waals surface area contributed by atoms with E-state index in [2.05, 4.69) is 133 Å². The van der Waals surface area contributed by atoms with E-state index < -0.39 is 0 Å². The zero-order valence-corrected chi connectivity index (χ0v) is 24.8. The van der Waals surface area contributed by atoms with Gasteiger partial charge < -0.3 is 8.83 Å². The molecule has 0 fully saturated rings. The molecule has 0 aliphatic heterocycles. The second kappa shape index (κ2) is 9.69. The molecule has 2 nitrogen and oxygen atoms in total. The van der Waals surface area contributed by atoms with Crippen molar-refractivity contribution in [3.63, 3.8) is 0 Å². The lowest BCUT2D eigenvalue weighted by molar-refractivity contribution is 0.668. The Bertz CT molecular complexity index is 2630. The molecule has 0 N–H and O–H groups in total. The fraction of sp³-hybridized carbons (Fsp3) is 0. The average molecular weight is 587 g/mol. The molecule has 46 heavy (non-hydrogen) atoms. The van der Waals surface area contributed by atoms with Crippen molar-refractivity contribution < 1.29 is 8.83 Å². The summed E-state index contributed by atoms with van der Waals surface area (Å²) in [5.74, 6) is 0. The Morgan fingerprint density at radius 2 is 0.783 bits per heavy atom. The molecule has 0 unspecified atom stereocenters. The van der Waals surface area contributed by atoms with Gasteiger partial charge in [-0.25, -0.2) is 0 Å². The summed E-state index contributed by atoms with van der Waals surface area (Å²) in [5.41, 5.74) is 10.8. The maximum Gasteiger partial charge on any atom is 0.135 e. The zero-order chi connectivity index (χ0) is 30.2. The highest BCUT2D eigenvalue weighted by Gasteiger charge is 2.19. The molecular weight excluding hydrogens is 560 g/mol. The molecule has 0 aliphatic carbocycles. The lowest BCUT2D eigenvalue weighted by Crippen LogP contribution is -1.92. The van der Waals surface area contributed by atoms with Crippen molar-refractivity contribution in [2.24, 2.45) is 0 Å². The Balaban J connectivity index is 1.31. The van der Waals surface area contributed by atoms with Crippen molar-refractivity contribution in [3.05, 3.63) is 158 Å². The van der Waals surface area contributed by atoms with Crippen molar-refractivity contribution in [2.75, 3.05) is 0 Å². The molecule has 0 aliphatic rings. The first-order valence-corrected chi connectivity index (χ1v) is 15.7. The van der Waals surface area contributed by atoms with Gasteiger partial charge in [-0.15, -0.1) is 0 Å². The smallest absolute Gasteiger partial charge is 0.135 e. The van der Waals surface area contributed by atoms with E-state index in [0.29, 0.717) is 0 Å². The van der Waals surface area contributed by atoms with Crippen molar-refractivity contribution in [2.45, 2.75) is 0 Å². The van der Waals surface area contributed by atoms with Crippen molar-refractivity contribution in [1.29, 1.82) is 0 Å². The van der Waals surface area contributed by atoms with Gasteiger partial charge in [-0.05, 0) is 97.4 Å². The summed E-state index contributed by atoms with van der Waals surface area (Å²) >= 11 is 0. The minimum absolute atomic E-state index is 0.906. The molecule has 2 heteroatoms. The van der Waals surface area contributed by atoms with Crippen LogP contribution in [0.4, 0.5) is 0 Å². The summed E-state index contributed by atoms with van der Waals surface area (Å²) in [6, 6.07) is 56.3. The van der Waals surface area contributed by atoms with Crippen LogP contribution in [0.1, 0.15) is 0 Å². The lowest BCUT2D eigenvalue weighted by atomic mass is 9.84. The van der Waals surface area contributed by atoms with E-state index in [0.717, 1.165) is 43.9 Å². The van der Waals surface area contributed by atoms with Crippen molar-refractivity contribution >= 4 is 65.4 Å². The Kier molecular flexibility index (Phi) is 5.31. The second-order valence-corrected chi connectivity index (χ2v) is 12.0. The summed E-state index contributed by atoms with van der Waals surface area (Å²) in [7, 11) is 0. The fourth-order valence-corrected chi connectivity index (χ4v) is 7.39. The third-order valence-electron chi connectivity index (χ3n) is 9.44. The number of benzene rings is 8. The number of furan rings is 2. The molecule has 0 bridgehead atoms. The standard InChI is InChI=1S/C44H26O2/c1-2-10-27(11-3-1)44-42-30(12-8-16-32(42)28-20-22-40-36(25-28)34-14-4-6-18-38(34)45-40)24-31-13-9-17-33(43(31)44)29-21-23-41-37(26-29)35-15-5-7-19-39(35)46-41/h1-26H. The topological polar surface area (TPSA) is 26.3 Å². The monoisotopic (exact) mass is 586 g/mol.